The number of carbonyl (C=O) groups excluding carboxylic acids is 1. The normalized spacial score (nSPS) is 10.3. The molecule has 0 fully saturated rings. The van der Waals surface area contributed by atoms with E-state index in [1.807, 2.05) is 6.07 Å². The molecule has 0 saturated carbocycles. The monoisotopic (exact) mass is 332 g/mol. The molecule has 1 heterocycles. The standard InChI is InChI=1S/C12H11BrF2N2O2/c1-2-19-10(18)3-8-7(5-16)6-17-11(12(14)15)9(8)4-13/h6,12H,2-4H2,1H3. The summed E-state index contributed by atoms with van der Waals surface area (Å²) < 4.78 is 30.4. The maximum Gasteiger partial charge on any atom is 0.310 e. The van der Waals surface area contributed by atoms with E-state index in [1.54, 1.807) is 6.92 Å². The summed E-state index contributed by atoms with van der Waals surface area (Å²) in [4.78, 5) is 15.1. The molecule has 19 heavy (non-hydrogen) atoms. The van der Waals surface area contributed by atoms with Gasteiger partial charge >= 0.3 is 5.97 Å². The summed E-state index contributed by atoms with van der Waals surface area (Å²) in [6.07, 6.45) is -1.93. The number of carbonyl (C=O) groups is 1. The zero-order valence-corrected chi connectivity index (χ0v) is 11.7. The van der Waals surface area contributed by atoms with Crippen LogP contribution in [-0.4, -0.2) is 17.6 Å². The molecule has 0 aliphatic carbocycles. The number of nitriles is 1. The van der Waals surface area contributed by atoms with Gasteiger partial charge in [0, 0.05) is 11.5 Å². The van der Waals surface area contributed by atoms with Crippen LogP contribution in [0.15, 0.2) is 6.20 Å². The van der Waals surface area contributed by atoms with Crippen LogP contribution in [0.4, 0.5) is 8.78 Å². The highest BCUT2D eigenvalue weighted by atomic mass is 79.9. The summed E-state index contributed by atoms with van der Waals surface area (Å²) in [6.45, 7) is 1.84. The lowest BCUT2D eigenvalue weighted by Gasteiger charge is -2.12. The SMILES string of the molecule is CCOC(=O)Cc1c(C#N)cnc(C(F)F)c1CBr. The van der Waals surface area contributed by atoms with Crippen LogP contribution < -0.4 is 0 Å². The lowest BCUT2D eigenvalue weighted by atomic mass is 10.00. The quantitative estimate of drug-likeness (QED) is 0.614. The van der Waals surface area contributed by atoms with Gasteiger partial charge in [-0.05, 0) is 18.1 Å². The Morgan fingerprint density at radius 1 is 1.58 bits per heavy atom. The number of pyridine rings is 1. The number of halogens is 3. The number of hydrogen-bond acceptors (Lipinski definition) is 4. The molecule has 0 aliphatic rings. The molecule has 0 aliphatic heterocycles. The van der Waals surface area contributed by atoms with Gasteiger partial charge in [0.2, 0.25) is 0 Å². The number of esters is 1. The topological polar surface area (TPSA) is 63.0 Å². The lowest BCUT2D eigenvalue weighted by molar-refractivity contribution is -0.142. The third kappa shape index (κ3) is 3.70. The van der Waals surface area contributed by atoms with Gasteiger partial charge in [0.05, 0.1) is 18.6 Å². The first-order chi connectivity index (χ1) is 9.04. The molecule has 1 rings (SSSR count). The van der Waals surface area contributed by atoms with Crippen LogP contribution in [0, 0.1) is 11.3 Å². The van der Waals surface area contributed by atoms with Crippen molar-refractivity contribution in [2.75, 3.05) is 6.61 Å². The Morgan fingerprint density at radius 2 is 2.26 bits per heavy atom. The zero-order valence-electron chi connectivity index (χ0n) is 10.1. The number of hydrogen-bond donors (Lipinski definition) is 0. The summed E-state index contributed by atoms with van der Waals surface area (Å²) in [7, 11) is 0. The van der Waals surface area contributed by atoms with E-state index in [0.717, 1.165) is 6.20 Å². The molecule has 0 amide bonds. The molecule has 0 bridgehead atoms. The molecule has 0 saturated heterocycles. The third-order valence-corrected chi connectivity index (χ3v) is 2.98. The molecule has 0 radical (unpaired) electrons. The van der Waals surface area contributed by atoms with Gasteiger partial charge in [-0.25, -0.2) is 8.78 Å². The van der Waals surface area contributed by atoms with Crippen LogP contribution in [0.25, 0.3) is 0 Å². The fourth-order valence-electron chi connectivity index (χ4n) is 1.60. The predicted octanol–water partition coefficient (Wildman–Crippen LogP) is 2.89. The number of rotatable bonds is 5. The fourth-order valence-corrected chi connectivity index (χ4v) is 2.22. The smallest absolute Gasteiger partial charge is 0.310 e. The van der Waals surface area contributed by atoms with E-state index in [9.17, 15) is 13.6 Å². The molecule has 1 aromatic rings. The molecule has 1 aromatic heterocycles. The minimum Gasteiger partial charge on any atom is -0.466 e. The second-order valence-corrected chi connectivity index (χ2v) is 4.10. The second kappa shape index (κ2) is 7.14. The van der Waals surface area contributed by atoms with Crippen LogP contribution in [-0.2, 0) is 21.3 Å². The van der Waals surface area contributed by atoms with E-state index in [1.165, 1.54) is 0 Å². The van der Waals surface area contributed by atoms with Gasteiger partial charge in [-0.3, -0.25) is 9.78 Å². The Labute approximate surface area is 117 Å². The highest BCUT2D eigenvalue weighted by molar-refractivity contribution is 9.08. The summed E-state index contributed by atoms with van der Waals surface area (Å²) in [5.41, 5.74) is 0.0901. The molecule has 0 atom stereocenters. The molecule has 0 spiro atoms. The molecular weight excluding hydrogens is 322 g/mol. The van der Waals surface area contributed by atoms with Crippen molar-refractivity contribution in [2.24, 2.45) is 0 Å². The summed E-state index contributed by atoms with van der Waals surface area (Å²) in [5, 5.41) is 9.05. The van der Waals surface area contributed by atoms with Gasteiger partial charge in [0.15, 0.2) is 0 Å². The molecule has 102 valence electrons. The third-order valence-electron chi connectivity index (χ3n) is 2.42. The minimum absolute atomic E-state index is 0.0872. The number of alkyl halides is 3. The van der Waals surface area contributed by atoms with Crippen molar-refractivity contribution >= 4 is 21.9 Å². The van der Waals surface area contributed by atoms with Crippen LogP contribution in [0.1, 0.15) is 35.7 Å². The van der Waals surface area contributed by atoms with Crippen molar-refractivity contribution in [1.29, 1.82) is 5.26 Å². The van der Waals surface area contributed by atoms with Gasteiger partial charge < -0.3 is 4.74 Å². The lowest BCUT2D eigenvalue weighted by Crippen LogP contribution is -2.13. The molecule has 4 nitrogen and oxygen atoms in total. The molecular formula is C12H11BrF2N2O2. The van der Waals surface area contributed by atoms with Gasteiger partial charge in [0.1, 0.15) is 11.8 Å². The number of ether oxygens (including phenoxy) is 1. The average molecular weight is 333 g/mol. The van der Waals surface area contributed by atoms with Crippen LogP contribution in [0.5, 0.6) is 0 Å². The Balaban J connectivity index is 3.28. The molecule has 7 heteroatoms. The first kappa shape index (κ1) is 15.5. The maximum absolute atomic E-state index is 12.8. The van der Waals surface area contributed by atoms with E-state index in [-0.39, 0.29) is 35.0 Å². The van der Waals surface area contributed by atoms with Crippen LogP contribution >= 0.6 is 15.9 Å². The molecule has 0 unspecified atom stereocenters. The van der Waals surface area contributed by atoms with Crippen molar-refractivity contribution in [2.45, 2.75) is 25.1 Å². The minimum atomic E-state index is -2.76. The van der Waals surface area contributed by atoms with E-state index in [4.69, 9.17) is 10.00 Å². The highest BCUT2D eigenvalue weighted by Crippen LogP contribution is 2.27. The van der Waals surface area contributed by atoms with Crippen molar-refractivity contribution in [3.63, 3.8) is 0 Å². The first-order valence-electron chi connectivity index (χ1n) is 5.45. The number of nitrogens with zero attached hydrogens (tertiary/aromatic N) is 2. The summed E-state index contributed by atoms with van der Waals surface area (Å²) in [6, 6.07) is 1.85. The van der Waals surface area contributed by atoms with Gasteiger partial charge in [-0.2, -0.15) is 5.26 Å². The fraction of sp³-hybridized carbons (Fsp3) is 0.417. The average Bonchev–Trinajstić information content (AvgIpc) is 2.38. The Morgan fingerprint density at radius 3 is 2.74 bits per heavy atom. The van der Waals surface area contributed by atoms with Crippen molar-refractivity contribution in [3.05, 3.63) is 28.6 Å². The Bertz CT molecular complexity index is 515. The van der Waals surface area contributed by atoms with E-state index >= 15 is 0 Å². The van der Waals surface area contributed by atoms with Crippen LogP contribution in [0.3, 0.4) is 0 Å². The van der Waals surface area contributed by atoms with Gasteiger partial charge in [-0.1, -0.05) is 15.9 Å². The maximum atomic E-state index is 12.8. The molecule has 0 N–H and O–H groups in total. The van der Waals surface area contributed by atoms with Crippen molar-refractivity contribution < 1.29 is 18.3 Å². The van der Waals surface area contributed by atoms with E-state index in [0.29, 0.717) is 0 Å². The van der Waals surface area contributed by atoms with Gasteiger partial charge in [0.25, 0.3) is 6.43 Å². The number of aromatic nitrogens is 1. The Hall–Kier alpha value is -1.55. The van der Waals surface area contributed by atoms with E-state index < -0.39 is 18.1 Å². The first-order valence-corrected chi connectivity index (χ1v) is 6.57. The second-order valence-electron chi connectivity index (χ2n) is 3.54. The largest absolute Gasteiger partial charge is 0.466 e. The van der Waals surface area contributed by atoms with Crippen LogP contribution in [0.2, 0.25) is 0 Å². The van der Waals surface area contributed by atoms with Crippen molar-refractivity contribution in [1.82, 2.24) is 4.98 Å². The van der Waals surface area contributed by atoms with Gasteiger partial charge in [-0.15, -0.1) is 0 Å². The highest BCUT2D eigenvalue weighted by Gasteiger charge is 2.22. The summed E-state index contributed by atoms with van der Waals surface area (Å²) >= 11 is 3.08. The van der Waals surface area contributed by atoms with E-state index in [2.05, 4.69) is 20.9 Å². The Kier molecular flexibility index (Phi) is 5.83. The summed E-state index contributed by atoms with van der Waals surface area (Å²) in [5.74, 6) is -0.562. The predicted molar refractivity (Wildman–Crippen MR) is 66.9 cm³/mol. The van der Waals surface area contributed by atoms with Crippen molar-refractivity contribution in [3.8, 4) is 6.07 Å². The molecule has 0 aromatic carbocycles. The zero-order chi connectivity index (χ0) is 14.4.